The molecule has 0 fully saturated rings. The zero-order chi connectivity index (χ0) is 13.6. The van der Waals surface area contributed by atoms with Gasteiger partial charge < -0.3 is 10.6 Å². The Morgan fingerprint density at radius 1 is 1.30 bits per heavy atom. The van der Waals surface area contributed by atoms with Gasteiger partial charge in [-0.25, -0.2) is 4.98 Å². The van der Waals surface area contributed by atoms with Crippen LogP contribution in [0.25, 0.3) is 0 Å². The fraction of sp³-hybridized carbons (Fsp3) is 0.692. The van der Waals surface area contributed by atoms with Crippen LogP contribution in [0.5, 0.6) is 0 Å². The summed E-state index contributed by atoms with van der Waals surface area (Å²) in [5.74, 6) is 0.0527. The van der Waals surface area contributed by atoms with Crippen molar-refractivity contribution in [1.29, 1.82) is 0 Å². The second kappa shape index (κ2) is 10.4. The van der Waals surface area contributed by atoms with Gasteiger partial charge in [0.25, 0.3) is 0 Å². The van der Waals surface area contributed by atoms with Gasteiger partial charge in [0.2, 0.25) is 5.91 Å². The molecule has 1 amide bonds. The molecule has 0 aliphatic heterocycles. The van der Waals surface area contributed by atoms with Gasteiger partial charge in [-0.15, -0.1) is 36.2 Å². The van der Waals surface area contributed by atoms with E-state index in [-0.39, 0.29) is 36.1 Å². The standard InChI is InChI=1S/C13H23N3OS.2ClH/c1-13(2,3)12-16-10(9-18-12)8-11(17)15-7-5-6-14-4;;/h9,14H,5-8H2,1-4H3,(H,15,17);2*1H. The number of hydrogen-bond donors (Lipinski definition) is 2. The minimum Gasteiger partial charge on any atom is -0.356 e. The average Bonchev–Trinajstić information content (AvgIpc) is 2.72. The van der Waals surface area contributed by atoms with Gasteiger partial charge in [-0.2, -0.15) is 0 Å². The van der Waals surface area contributed by atoms with Crippen LogP contribution in [-0.2, 0) is 16.6 Å². The number of nitrogens with one attached hydrogen (secondary N) is 2. The molecule has 0 bridgehead atoms. The third-order valence-electron chi connectivity index (χ3n) is 2.46. The first-order valence-electron chi connectivity index (χ1n) is 6.29. The monoisotopic (exact) mass is 341 g/mol. The number of aromatic nitrogens is 1. The molecular weight excluding hydrogens is 317 g/mol. The van der Waals surface area contributed by atoms with Crippen molar-refractivity contribution < 1.29 is 4.79 Å². The van der Waals surface area contributed by atoms with Crippen LogP contribution in [0, 0.1) is 0 Å². The second-order valence-corrected chi connectivity index (χ2v) is 6.24. The first-order chi connectivity index (χ1) is 8.43. The number of hydrogen-bond acceptors (Lipinski definition) is 4. The van der Waals surface area contributed by atoms with Crippen LogP contribution in [0.2, 0.25) is 0 Å². The molecule has 20 heavy (non-hydrogen) atoms. The molecule has 4 nitrogen and oxygen atoms in total. The second-order valence-electron chi connectivity index (χ2n) is 5.38. The van der Waals surface area contributed by atoms with Gasteiger partial charge in [0, 0.05) is 17.3 Å². The molecule has 1 heterocycles. The molecule has 0 aliphatic carbocycles. The number of carbonyl (C=O) groups is 1. The highest BCUT2D eigenvalue weighted by Crippen LogP contribution is 2.25. The fourth-order valence-electron chi connectivity index (χ4n) is 1.45. The molecule has 118 valence electrons. The Morgan fingerprint density at radius 2 is 1.95 bits per heavy atom. The van der Waals surface area contributed by atoms with Gasteiger partial charge in [0.1, 0.15) is 0 Å². The van der Waals surface area contributed by atoms with E-state index in [2.05, 4.69) is 36.4 Å². The summed E-state index contributed by atoms with van der Waals surface area (Å²) in [5.41, 5.74) is 0.933. The fourth-order valence-corrected chi connectivity index (χ4v) is 2.36. The smallest absolute Gasteiger partial charge is 0.226 e. The summed E-state index contributed by atoms with van der Waals surface area (Å²) >= 11 is 1.63. The van der Waals surface area contributed by atoms with Crippen LogP contribution >= 0.6 is 36.2 Å². The van der Waals surface area contributed by atoms with E-state index in [4.69, 9.17) is 0 Å². The number of carbonyl (C=O) groups excluding carboxylic acids is 1. The molecule has 1 aromatic rings. The molecule has 0 radical (unpaired) electrons. The van der Waals surface area contributed by atoms with E-state index in [0.717, 1.165) is 30.2 Å². The van der Waals surface area contributed by atoms with Crippen LogP contribution in [0.1, 0.15) is 37.9 Å². The highest BCUT2D eigenvalue weighted by molar-refractivity contribution is 7.09. The van der Waals surface area contributed by atoms with Crippen molar-refractivity contribution in [3.8, 4) is 0 Å². The summed E-state index contributed by atoms with van der Waals surface area (Å²) in [6.07, 6.45) is 1.33. The number of halogens is 2. The van der Waals surface area contributed by atoms with Crippen molar-refractivity contribution in [3.05, 3.63) is 16.1 Å². The van der Waals surface area contributed by atoms with Crippen LogP contribution in [0.4, 0.5) is 0 Å². The van der Waals surface area contributed by atoms with Crippen molar-refractivity contribution in [3.63, 3.8) is 0 Å². The van der Waals surface area contributed by atoms with Gasteiger partial charge in [-0.1, -0.05) is 20.8 Å². The van der Waals surface area contributed by atoms with E-state index in [9.17, 15) is 4.79 Å². The molecule has 0 spiro atoms. The minimum atomic E-state index is 0. The molecule has 0 atom stereocenters. The van der Waals surface area contributed by atoms with E-state index >= 15 is 0 Å². The molecular formula is C13H25Cl2N3OS. The third kappa shape index (κ3) is 8.04. The van der Waals surface area contributed by atoms with Crippen LogP contribution in [0.3, 0.4) is 0 Å². The molecule has 7 heteroatoms. The molecule has 2 N–H and O–H groups in total. The summed E-state index contributed by atoms with van der Waals surface area (Å²) in [7, 11) is 1.91. The summed E-state index contributed by atoms with van der Waals surface area (Å²) in [6.45, 7) is 8.04. The van der Waals surface area contributed by atoms with Crippen LogP contribution in [0.15, 0.2) is 5.38 Å². The van der Waals surface area contributed by atoms with E-state index in [0.29, 0.717) is 6.42 Å². The summed E-state index contributed by atoms with van der Waals surface area (Å²) in [6, 6.07) is 0. The van der Waals surface area contributed by atoms with Crippen molar-refractivity contribution in [2.75, 3.05) is 20.1 Å². The normalized spacial score (nSPS) is 10.4. The lowest BCUT2D eigenvalue weighted by Crippen LogP contribution is -2.28. The zero-order valence-electron chi connectivity index (χ0n) is 12.5. The molecule has 1 rings (SSSR count). The molecule has 1 aromatic heterocycles. The first-order valence-corrected chi connectivity index (χ1v) is 7.17. The Kier molecular flexibility index (Phi) is 11.4. The van der Waals surface area contributed by atoms with E-state index < -0.39 is 0 Å². The van der Waals surface area contributed by atoms with Gasteiger partial charge in [0.15, 0.2) is 0 Å². The van der Waals surface area contributed by atoms with Crippen molar-refractivity contribution in [2.45, 2.75) is 39.0 Å². The average molecular weight is 342 g/mol. The molecule has 0 aliphatic rings. The van der Waals surface area contributed by atoms with Gasteiger partial charge in [0.05, 0.1) is 17.1 Å². The lowest BCUT2D eigenvalue weighted by molar-refractivity contribution is -0.120. The zero-order valence-corrected chi connectivity index (χ0v) is 14.9. The van der Waals surface area contributed by atoms with Crippen LogP contribution < -0.4 is 10.6 Å². The topological polar surface area (TPSA) is 54.0 Å². The Labute approximate surface area is 138 Å². The summed E-state index contributed by atoms with van der Waals surface area (Å²) in [4.78, 5) is 16.2. The van der Waals surface area contributed by atoms with E-state index in [1.807, 2.05) is 12.4 Å². The Hall–Kier alpha value is -0.360. The van der Waals surface area contributed by atoms with Crippen molar-refractivity contribution >= 4 is 42.1 Å². The largest absolute Gasteiger partial charge is 0.356 e. The minimum absolute atomic E-state index is 0. The van der Waals surface area contributed by atoms with Crippen molar-refractivity contribution in [2.24, 2.45) is 0 Å². The maximum Gasteiger partial charge on any atom is 0.226 e. The van der Waals surface area contributed by atoms with Gasteiger partial charge in [-0.3, -0.25) is 4.79 Å². The van der Waals surface area contributed by atoms with E-state index in [1.54, 1.807) is 11.3 Å². The molecule has 0 aromatic carbocycles. The third-order valence-corrected chi connectivity index (χ3v) is 3.78. The number of thiazole rings is 1. The summed E-state index contributed by atoms with van der Waals surface area (Å²) < 4.78 is 0. The predicted molar refractivity (Wildman–Crippen MR) is 90.6 cm³/mol. The highest BCUT2D eigenvalue weighted by atomic mass is 35.5. The molecule has 0 unspecified atom stereocenters. The van der Waals surface area contributed by atoms with Crippen molar-refractivity contribution in [1.82, 2.24) is 15.6 Å². The maximum atomic E-state index is 11.7. The lowest BCUT2D eigenvalue weighted by atomic mass is 9.98. The quantitative estimate of drug-likeness (QED) is 0.781. The maximum absolute atomic E-state index is 11.7. The van der Waals surface area contributed by atoms with Gasteiger partial charge in [-0.05, 0) is 20.0 Å². The summed E-state index contributed by atoms with van der Waals surface area (Å²) in [5, 5.41) is 9.01. The van der Waals surface area contributed by atoms with E-state index in [1.165, 1.54) is 0 Å². The number of nitrogens with zero attached hydrogens (tertiary/aromatic N) is 1. The Bertz CT molecular complexity index is 391. The van der Waals surface area contributed by atoms with Gasteiger partial charge >= 0.3 is 0 Å². The lowest BCUT2D eigenvalue weighted by Gasteiger charge is -2.13. The number of amides is 1. The predicted octanol–water partition coefficient (Wildman–Crippen LogP) is 2.55. The SMILES string of the molecule is CNCCCNC(=O)Cc1csc(C(C)(C)C)n1.Cl.Cl. The molecule has 0 saturated carbocycles. The Balaban J connectivity index is 0. The highest BCUT2D eigenvalue weighted by Gasteiger charge is 2.18. The first kappa shape index (κ1) is 21.9. The Morgan fingerprint density at radius 3 is 2.45 bits per heavy atom. The van der Waals surface area contributed by atoms with Crippen LogP contribution in [-0.4, -0.2) is 31.0 Å². The molecule has 0 saturated heterocycles. The number of rotatable bonds is 6.